The van der Waals surface area contributed by atoms with E-state index in [0.717, 1.165) is 11.1 Å². The number of benzene rings is 1. The third kappa shape index (κ3) is 5.29. The van der Waals surface area contributed by atoms with Crippen molar-refractivity contribution >= 4 is 23.6 Å². The molecule has 3 aromatic rings. The Bertz CT molecular complexity index is 1410. The van der Waals surface area contributed by atoms with Gasteiger partial charge in [0.15, 0.2) is 5.78 Å². The van der Waals surface area contributed by atoms with Crippen molar-refractivity contribution in [2.75, 3.05) is 11.9 Å². The van der Waals surface area contributed by atoms with Crippen LogP contribution in [0.2, 0.25) is 0 Å². The normalized spacial score (nSPS) is 18.1. The molecule has 1 unspecified atom stereocenters. The number of rotatable bonds is 5. The Morgan fingerprint density at radius 1 is 1.18 bits per heavy atom. The Labute approximate surface area is 218 Å². The molecule has 38 heavy (non-hydrogen) atoms. The van der Waals surface area contributed by atoms with Crippen molar-refractivity contribution in [1.29, 1.82) is 0 Å². The summed E-state index contributed by atoms with van der Waals surface area (Å²) in [6.07, 6.45) is 0.859. The standard InChI is InChI=1S/C28H28F2N4O4/c1-27(2,3)38-26(37)34-14-20-23(21(35)15-34)18(11-16-7-5-4-6-8-16)24(32-20)17-9-10-31-22(12-17)33-25(36)19-13-28(19,29)30/h4-10,12,19,32H,11,13-15H2,1-3H3,(H,31,33,36). The van der Waals surface area contributed by atoms with Gasteiger partial charge in [-0.25, -0.2) is 18.6 Å². The smallest absolute Gasteiger partial charge is 0.411 e. The minimum atomic E-state index is -2.98. The molecule has 3 heterocycles. The van der Waals surface area contributed by atoms with Crippen molar-refractivity contribution in [3.05, 3.63) is 71.0 Å². The largest absolute Gasteiger partial charge is 0.444 e. The predicted molar refractivity (Wildman–Crippen MR) is 136 cm³/mol. The van der Waals surface area contributed by atoms with E-state index in [9.17, 15) is 23.2 Å². The molecule has 0 saturated heterocycles. The Hall–Kier alpha value is -4.08. The molecule has 1 aromatic carbocycles. The maximum atomic E-state index is 13.4. The van der Waals surface area contributed by atoms with E-state index in [2.05, 4.69) is 15.3 Å². The third-order valence-electron chi connectivity index (χ3n) is 6.46. The number of anilines is 1. The first-order valence-corrected chi connectivity index (χ1v) is 12.3. The van der Waals surface area contributed by atoms with Gasteiger partial charge in [-0.15, -0.1) is 0 Å². The van der Waals surface area contributed by atoms with Gasteiger partial charge in [-0.3, -0.25) is 14.5 Å². The van der Waals surface area contributed by atoms with Crippen LogP contribution in [0.25, 0.3) is 11.3 Å². The van der Waals surface area contributed by atoms with Crippen LogP contribution in [-0.2, 0) is 22.5 Å². The van der Waals surface area contributed by atoms with Crippen molar-refractivity contribution in [1.82, 2.24) is 14.9 Å². The van der Waals surface area contributed by atoms with Gasteiger partial charge in [-0.2, -0.15) is 0 Å². The van der Waals surface area contributed by atoms with Gasteiger partial charge in [-0.1, -0.05) is 30.3 Å². The summed E-state index contributed by atoms with van der Waals surface area (Å²) in [5.41, 5.74) is 3.37. The van der Waals surface area contributed by atoms with Crippen LogP contribution < -0.4 is 5.32 Å². The lowest BCUT2D eigenvalue weighted by Gasteiger charge is -2.29. The number of hydrogen-bond donors (Lipinski definition) is 2. The van der Waals surface area contributed by atoms with Crippen LogP contribution in [0.3, 0.4) is 0 Å². The number of carbonyl (C=O) groups excluding carboxylic acids is 3. The first-order chi connectivity index (χ1) is 17.9. The number of carbonyl (C=O) groups is 3. The minimum absolute atomic E-state index is 0.117. The molecule has 1 aliphatic heterocycles. The highest BCUT2D eigenvalue weighted by Crippen LogP contribution is 2.49. The van der Waals surface area contributed by atoms with Gasteiger partial charge in [0.2, 0.25) is 5.91 Å². The highest BCUT2D eigenvalue weighted by Gasteiger charge is 2.61. The topological polar surface area (TPSA) is 104 Å². The molecule has 1 saturated carbocycles. The van der Waals surface area contributed by atoms with E-state index >= 15 is 0 Å². The summed E-state index contributed by atoms with van der Waals surface area (Å²) in [5.74, 6) is -5.20. The minimum Gasteiger partial charge on any atom is -0.444 e. The Morgan fingerprint density at radius 3 is 2.55 bits per heavy atom. The molecule has 1 fully saturated rings. The van der Waals surface area contributed by atoms with Gasteiger partial charge in [0.25, 0.3) is 5.92 Å². The Balaban J connectivity index is 1.50. The zero-order valence-corrected chi connectivity index (χ0v) is 21.3. The van der Waals surface area contributed by atoms with Gasteiger partial charge in [0.1, 0.15) is 17.3 Å². The summed E-state index contributed by atoms with van der Waals surface area (Å²) in [6, 6.07) is 12.9. The van der Waals surface area contributed by atoms with Gasteiger partial charge >= 0.3 is 6.09 Å². The predicted octanol–water partition coefficient (Wildman–Crippen LogP) is 5.19. The number of nitrogens with one attached hydrogen (secondary N) is 2. The fraction of sp³-hybridized carbons (Fsp3) is 0.357. The maximum Gasteiger partial charge on any atom is 0.411 e. The number of aromatic nitrogens is 2. The summed E-state index contributed by atoms with van der Waals surface area (Å²) in [5, 5.41) is 2.47. The van der Waals surface area contributed by atoms with Crippen molar-refractivity contribution < 1.29 is 27.9 Å². The first kappa shape index (κ1) is 25.6. The van der Waals surface area contributed by atoms with E-state index in [0.29, 0.717) is 28.9 Å². The second-order valence-corrected chi connectivity index (χ2v) is 10.7. The molecule has 1 aliphatic carbocycles. The summed E-state index contributed by atoms with van der Waals surface area (Å²) >= 11 is 0. The second kappa shape index (κ2) is 9.34. The first-order valence-electron chi connectivity index (χ1n) is 12.3. The van der Waals surface area contributed by atoms with E-state index < -0.39 is 35.9 Å². The number of alkyl halides is 2. The van der Waals surface area contributed by atoms with Crippen molar-refractivity contribution in [3.63, 3.8) is 0 Å². The second-order valence-electron chi connectivity index (χ2n) is 10.7. The van der Waals surface area contributed by atoms with Crippen LogP contribution in [0.4, 0.5) is 19.4 Å². The summed E-state index contributed by atoms with van der Waals surface area (Å²) in [7, 11) is 0. The number of pyridine rings is 1. The monoisotopic (exact) mass is 522 g/mol. The molecule has 2 N–H and O–H groups in total. The molecule has 2 aromatic heterocycles. The van der Waals surface area contributed by atoms with E-state index in [4.69, 9.17) is 4.74 Å². The number of H-pyrrole nitrogens is 1. The van der Waals surface area contributed by atoms with Gasteiger partial charge in [0, 0.05) is 35.9 Å². The number of hydrogen-bond acceptors (Lipinski definition) is 5. The molecular formula is C28H28F2N4O4. The lowest BCUT2D eigenvalue weighted by molar-refractivity contribution is -0.119. The quantitative estimate of drug-likeness (QED) is 0.480. The fourth-order valence-corrected chi connectivity index (χ4v) is 4.59. The van der Waals surface area contributed by atoms with Gasteiger partial charge in [-0.05, 0) is 44.0 Å². The Morgan fingerprint density at radius 2 is 1.89 bits per heavy atom. The number of fused-ring (bicyclic) bond motifs is 1. The summed E-state index contributed by atoms with van der Waals surface area (Å²) < 4.78 is 32.2. The lowest BCUT2D eigenvalue weighted by atomic mass is 9.93. The van der Waals surface area contributed by atoms with Crippen LogP contribution in [0.15, 0.2) is 48.7 Å². The molecule has 0 bridgehead atoms. The van der Waals surface area contributed by atoms with Crippen LogP contribution >= 0.6 is 0 Å². The molecular weight excluding hydrogens is 494 g/mol. The van der Waals surface area contributed by atoms with Gasteiger partial charge < -0.3 is 15.0 Å². The van der Waals surface area contributed by atoms with Crippen LogP contribution in [0.1, 0.15) is 54.4 Å². The number of halogens is 2. The summed E-state index contributed by atoms with van der Waals surface area (Å²) in [4.78, 5) is 47.1. The molecule has 10 heteroatoms. The van der Waals surface area contributed by atoms with E-state index in [-0.39, 0.29) is 24.7 Å². The molecule has 198 valence electrons. The molecule has 1 atom stereocenters. The van der Waals surface area contributed by atoms with Gasteiger partial charge in [0.05, 0.1) is 18.8 Å². The van der Waals surface area contributed by atoms with E-state index in [1.165, 1.54) is 11.1 Å². The number of aromatic amines is 1. The van der Waals surface area contributed by atoms with E-state index in [1.54, 1.807) is 32.9 Å². The van der Waals surface area contributed by atoms with Crippen molar-refractivity contribution in [3.8, 4) is 11.3 Å². The maximum absolute atomic E-state index is 13.4. The summed E-state index contributed by atoms with van der Waals surface area (Å²) in [6.45, 7) is 5.32. The lowest BCUT2D eigenvalue weighted by Crippen LogP contribution is -2.42. The number of nitrogens with zero attached hydrogens (tertiary/aromatic N) is 2. The zero-order valence-electron chi connectivity index (χ0n) is 21.3. The average molecular weight is 523 g/mol. The van der Waals surface area contributed by atoms with E-state index in [1.807, 2.05) is 30.3 Å². The molecule has 0 spiro atoms. The molecule has 5 rings (SSSR count). The van der Waals surface area contributed by atoms with Crippen molar-refractivity contribution in [2.45, 2.75) is 51.7 Å². The average Bonchev–Trinajstić information content (AvgIpc) is 3.33. The highest BCUT2D eigenvalue weighted by molar-refractivity contribution is 6.04. The van der Waals surface area contributed by atoms with Crippen LogP contribution in [0.5, 0.6) is 0 Å². The fourth-order valence-electron chi connectivity index (χ4n) is 4.59. The van der Waals surface area contributed by atoms with Crippen LogP contribution in [-0.4, -0.2) is 50.7 Å². The van der Waals surface area contributed by atoms with Crippen molar-refractivity contribution in [2.24, 2.45) is 5.92 Å². The number of ether oxygens (including phenoxy) is 1. The zero-order chi connectivity index (χ0) is 27.2. The SMILES string of the molecule is CC(C)(C)OC(=O)N1CC(=O)c2c([nH]c(-c3ccnc(NC(=O)C4CC4(F)F)c3)c2Cc2ccccc2)C1. The highest BCUT2D eigenvalue weighted by atomic mass is 19.3. The molecule has 2 aliphatic rings. The molecule has 0 radical (unpaired) electrons. The third-order valence-corrected chi connectivity index (χ3v) is 6.46. The number of ketones is 1. The Kier molecular flexibility index (Phi) is 6.28. The number of Topliss-reactive ketones (excluding diaryl/α,β-unsaturated/α-hetero) is 1. The van der Waals surface area contributed by atoms with Crippen LogP contribution in [0, 0.1) is 5.92 Å². The molecule has 8 nitrogen and oxygen atoms in total. The number of amides is 2. The molecule has 2 amide bonds.